The van der Waals surface area contributed by atoms with E-state index in [-0.39, 0.29) is 0 Å². The van der Waals surface area contributed by atoms with E-state index >= 15 is 0 Å². The number of hydrogen-bond acceptors (Lipinski definition) is 5. The molecular weight excluding hydrogens is 240 g/mol. The van der Waals surface area contributed by atoms with Crippen molar-refractivity contribution in [2.45, 2.75) is 19.5 Å². The molecule has 2 aromatic rings. The van der Waals surface area contributed by atoms with Gasteiger partial charge in [-0.25, -0.2) is 9.67 Å². The maximum atomic E-state index is 4.36. The number of nitrogens with one attached hydrogen (secondary N) is 2. The molecule has 1 atom stereocenters. The fourth-order valence-electron chi connectivity index (χ4n) is 1.95. The van der Waals surface area contributed by atoms with Gasteiger partial charge in [0.25, 0.3) is 0 Å². The van der Waals surface area contributed by atoms with Crippen LogP contribution in [0.3, 0.4) is 0 Å². The Bertz CT molecular complexity index is 557. The molecule has 6 nitrogen and oxygen atoms in total. The van der Waals surface area contributed by atoms with E-state index < -0.39 is 0 Å². The van der Waals surface area contributed by atoms with Gasteiger partial charge in [-0.1, -0.05) is 12.1 Å². The molecule has 0 aliphatic carbocycles. The second kappa shape index (κ2) is 5.09. The highest BCUT2D eigenvalue weighted by Crippen LogP contribution is 2.08. The van der Waals surface area contributed by atoms with Gasteiger partial charge in [0.05, 0.1) is 12.2 Å². The first kappa shape index (κ1) is 11.7. The Hall–Kier alpha value is -2.37. The van der Waals surface area contributed by atoms with Gasteiger partial charge in [-0.3, -0.25) is 4.99 Å². The molecule has 1 aromatic heterocycles. The van der Waals surface area contributed by atoms with Gasteiger partial charge >= 0.3 is 0 Å². The standard InChI is InChI=1S/C13H16N6/c1-10-6-15-13(18-10)16-7-11-2-4-12(5-3-11)19-9-14-8-17-19/h2-5,8-10H,6-7H2,1H3,(H2,15,16,18). The molecule has 0 spiro atoms. The molecule has 3 rings (SSSR count). The molecule has 0 saturated heterocycles. The summed E-state index contributed by atoms with van der Waals surface area (Å²) >= 11 is 0. The average molecular weight is 256 g/mol. The molecule has 1 aliphatic heterocycles. The van der Waals surface area contributed by atoms with Crippen LogP contribution in [0.25, 0.3) is 5.69 Å². The number of benzene rings is 1. The van der Waals surface area contributed by atoms with Crippen molar-refractivity contribution in [1.29, 1.82) is 0 Å². The third kappa shape index (κ3) is 2.73. The van der Waals surface area contributed by atoms with E-state index in [1.165, 1.54) is 11.9 Å². The summed E-state index contributed by atoms with van der Waals surface area (Å²) in [5.41, 5.74) is 2.21. The normalized spacial score (nSPS) is 17.9. The average Bonchev–Trinajstić information content (AvgIpc) is 3.08. The van der Waals surface area contributed by atoms with Gasteiger partial charge in [-0.15, -0.1) is 0 Å². The molecule has 1 unspecified atom stereocenters. The van der Waals surface area contributed by atoms with E-state index in [1.807, 2.05) is 12.1 Å². The summed E-state index contributed by atoms with van der Waals surface area (Å²) in [6.07, 6.45) is 3.21. The Kier molecular flexibility index (Phi) is 3.14. The summed E-state index contributed by atoms with van der Waals surface area (Å²) in [6, 6.07) is 8.62. The molecule has 1 aliphatic rings. The Morgan fingerprint density at radius 3 is 2.84 bits per heavy atom. The molecule has 0 fully saturated rings. The van der Waals surface area contributed by atoms with Gasteiger partial charge in [0.15, 0.2) is 5.96 Å². The van der Waals surface area contributed by atoms with E-state index in [9.17, 15) is 0 Å². The van der Waals surface area contributed by atoms with Crippen molar-refractivity contribution in [3.63, 3.8) is 0 Å². The van der Waals surface area contributed by atoms with Crippen LogP contribution in [0.15, 0.2) is 41.9 Å². The predicted molar refractivity (Wildman–Crippen MR) is 73.1 cm³/mol. The minimum Gasteiger partial charge on any atom is -0.352 e. The zero-order chi connectivity index (χ0) is 13.1. The van der Waals surface area contributed by atoms with Crippen LogP contribution in [-0.2, 0) is 6.54 Å². The van der Waals surface area contributed by atoms with Crippen molar-refractivity contribution in [3.8, 4) is 5.69 Å². The van der Waals surface area contributed by atoms with Crippen LogP contribution in [0.1, 0.15) is 12.5 Å². The Balaban J connectivity index is 1.60. The molecule has 98 valence electrons. The van der Waals surface area contributed by atoms with Crippen LogP contribution in [0.5, 0.6) is 0 Å². The number of aromatic nitrogens is 3. The topological polar surface area (TPSA) is 67.1 Å². The highest BCUT2D eigenvalue weighted by molar-refractivity contribution is 5.81. The zero-order valence-corrected chi connectivity index (χ0v) is 10.7. The summed E-state index contributed by atoms with van der Waals surface area (Å²) in [4.78, 5) is 8.29. The van der Waals surface area contributed by atoms with Gasteiger partial charge in [0.2, 0.25) is 0 Å². The fourth-order valence-corrected chi connectivity index (χ4v) is 1.95. The third-order valence-electron chi connectivity index (χ3n) is 2.99. The minimum atomic E-state index is 0.428. The van der Waals surface area contributed by atoms with Gasteiger partial charge in [-0.05, 0) is 24.6 Å². The first-order valence-corrected chi connectivity index (χ1v) is 6.30. The van der Waals surface area contributed by atoms with Crippen LogP contribution < -0.4 is 10.6 Å². The van der Waals surface area contributed by atoms with Crippen molar-refractivity contribution in [1.82, 2.24) is 25.4 Å². The molecule has 1 aromatic carbocycles. The Morgan fingerprint density at radius 1 is 1.37 bits per heavy atom. The summed E-state index contributed by atoms with van der Waals surface area (Å²) in [5.74, 6) is 0.882. The summed E-state index contributed by atoms with van der Waals surface area (Å²) in [6.45, 7) is 3.72. The van der Waals surface area contributed by atoms with Gasteiger partial charge in [0.1, 0.15) is 12.7 Å². The quantitative estimate of drug-likeness (QED) is 0.848. The summed E-state index contributed by atoms with van der Waals surface area (Å²) < 4.78 is 1.74. The molecule has 2 heterocycles. The van der Waals surface area contributed by atoms with E-state index in [0.29, 0.717) is 6.04 Å². The van der Waals surface area contributed by atoms with Crippen LogP contribution in [0.4, 0.5) is 0 Å². The van der Waals surface area contributed by atoms with E-state index in [4.69, 9.17) is 0 Å². The van der Waals surface area contributed by atoms with E-state index in [0.717, 1.165) is 24.7 Å². The fraction of sp³-hybridized carbons (Fsp3) is 0.308. The zero-order valence-electron chi connectivity index (χ0n) is 10.7. The largest absolute Gasteiger partial charge is 0.352 e. The van der Waals surface area contributed by atoms with Crippen molar-refractivity contribution in [2.75, 3.05) is 6.54 Å². The van der Waals surface area contributed by atoms with Gasteiger partial charge in [-0.2, -0.15) is 5.10 Å². The first-order chi connectivity index (χ1) is 9.31. The number of nitrogens with zero attached hydrogens (tertiary/aromatic N) is 4. The number of aliphatic imine (C=N–C) groups is 1. The first-order valence-electron chi connectivity index (χ1n) is 6.30. The highest BCUT2D eigenvalue weighted by Gasteiger charge is 2.11. The van der Waals surface area contributed by atoms with Crippen molar-refractivity contribution < 1.29 is 0 Å². The molecule has 0 saturated carbocycles. The Morgan fingerprint density at radius 2 is 2.21 bits per heavy atom. The molecule has 0 amide bonds. The maximum Gasteiger partial charge on any atom is 0.191 e. The number of rotatable bonds is 3. The Labute approximate surface area is 111 Å². The van der Waals surface area contributed by atoms with Crippen LogP contribution >= 0.6 is 0 Å². The van der Waals surface area contributed by atoms with E-state index in [2.05, 4.69) is 44.8 Å². The second-order valence-corrected chi connectivity index (χ2v) is 4.59. The maximum absolute atomic E-state index is 4.36. The monoisotopic (exact) mass is 256 g/mol. The molecule has 2 N–H and O–H groups in total. The smallest absolute Gasteiger partial charge is 0.191 e. The molecule has 6 heteroatoms. The SMILES string of the molecule is CC1CN=C(NCc2ccc(-n3cncn3)cc2)N1. The lowest BCUT2D eigenvalue weighted by Gasteiger charge is -2.09. The lowest BCUT2D eigenvalue weighted by Crippen LogP contribution is -2.37. The molecule has 0 radical (unpaired) electrons. The lowest BCUT2D eigenvalue weighted by atomic mass is 10.2. The van der Waals surface area contributed by atoms with Crippen molar-refractivity contribution in [2.24, 2.45) is 4.99 Å². The summed E-state index contributed by atoms with van der Waals surface area (Å²) in [7, 11) is 0. The lowest BCUT2D eigenvalue weighted by molar-refractivity contribution is 0.713. The van der Waals surface area contributed by atoms with Crippen molar-refractivity contribution in [3.05, 3.63) is 42.5 Å². The summed E-state index contributed by atoms with van der Waals surface area (Å²) in [5, 5.41) is 10.7. The third-order valence-corrected chi connectivity index (χ3v) is 2.99. The second-order valence-electron chi connectivity index (χ2n) is 4.59. The van der Waals surface area contributed by atoms with Crippen LogP contribution in [0, 0.1) is 0 Å². The number of hydrogen-bond donors (Lipinski definition) is 2. The minimum absolute atomic E-state index is 0.428. The van der Waals surface area contributed by atoms with Crippen LogP contribution in [-0.4, -0.2) is 33.3 Å². The molecule has 0 bridgehead atoms. The van der Waals surface area contributed by atoms with Gasteiger partial charge in [0, 0.05) is 12.6 Å². The predicted octanol–water partition coefficient (Wildman–Crippen LogP) is 0.705. The number of guanidine groups is 1. The molecule has 19 heavy (non-hydrogen) atoms. The van der Waals surface area contributed by atoms with E-state index in [1.54, 1.807) is 11.0 Å². The van der Waals surface area contributed by atoms with Crippen LogP contribution in [0.2, 0.25) is 0 Å². The van der Waals surface area contributed by atoms with Crippen molar-refractivity contribution >= 4 is 5.96 Å². The van der Waals surface area contributed by atoms with Gasteiger partial charge < -0.3 is 10.6 Å². The molecular formula is C13H16N6. The highest BCUT2D eigenvalue weighted by atomic mass is 15.3.